The minimum atomic E-state index is -0.367. The van der Waals surface area contributed by atoms with Crippen molar-refractivity contribution in [2.24, 2.45) is 5.92 Å². The second-order valence-electron chi connectivity index (χ2n) is 3.39. The molecule has 0 unspecified atom stereocenters. The van der Waals surface area contributed by atoms with E-state index in [9.17, 15) is 4.79 Å². The first-order chi connectivity index (χ1) is 4.41. The molecular weight excluding hydrogens is 126 g/mol. The van der Waals surface area contributed by atoms with Crippen LogP contribution in [-0.2, 0) is 4.79 Å². The maximum absolute atomic E-state index is 11.3. The summed E-state index contributed by atoms with van der Waals surface area (Å²) in [6, 6.07) is 0. The zero-order valence-electron chi connectivity index (χ0n) is 7.49. The first-order valence-electron chi connectivity index (χ1n) is 3.65. The topological polar surface area (TPSA) is 29.1 Å². The van der Waals surface area contributed by atoms with E-state index in [2.05, 4.69) is 5.32 Å². The normalized spacial score (nSPS) is 12.2. The second kappa shape index (κ2) is 3.15. The van der Waals surface area contributed by atoms with Gasteiger partial charge in [0.15, 0.2) is 5.78 Å². The Balaban J connectivity index is 4.19. The summed E-state index contributed by atoms with van der Waals surface area (Å²) in [6.45, 7) is 7.63. The van der Waals surface area contributed by atoms with Crippen molar-refractivity contribution < 1.29 is 4.79 Å². The Morgan fingerprint density at radius 2 is 1.80 bits per heavy atom. The largest absolute Gasteiger partial charge is 0.308 e. The molecule has 0 fully saturated rings. The van der Waals surface area contributed by atoms with Gasteiger partial charge in [0, 0.05) is 5.92 Å². The van der Waals surface area contributed by atoms with Gasteiger partial charge in [0.1, 0.15) is 0 Å². The molecule has 0 bridgehead atoms. The number of nitrogens with one attached hydrogen (secondary N) is 1. The fraction of sp³-hybridized carbons (Fsp3) is 0.875. The van der Waals surface area contributed by atoms with E-state index in [1.807, 2.05) is 27.7 Å². The molecule has 0 spiro atoms. The SMILES string of the molecule is CNC(C)(C)C(=O)C(C)C. The molecule has 0 aliphatic rings. The summed E-state index contributed by atoms with van der Waals surface area (Å²) >= 11 is 0. The number of hydrogen-bond acceptors (Lipinski definition) is 2. The van der Waals surface area contributed by atoms with Crippen LogP contribution in [0.5, 0.6) is 0 Å². The lowest BCUT2D eigenvalue weighted by Crippen LogP contribution is -2.46. The highest BCUT2D eigenvalue weighted by Crippen LogP contribution is 2.09. The van der Waals surface area contributed by atoms with Crippen LogP contribution in [0.1, 0.15) is 27.7 Å². The standard InChI is InChI=1S/C8H17NO/c1-6(2)7(10)8(3,4)9-5/h6,9H,1-5H3. The number of carbonyl (C=O) groups excluding carboxylic acids is 1. The monoisotopic (exact) mass is 143 g/mol. The van der Waals surface area contributed by atoms with Gasteiger partial charge in [-0.25, -0.2) is 0 Å². The van der Waals surface area contributed by atoms with Crippen LogP contribution < -0.4 is 5.32 Å². The van der Waals surface area contributed by atoms with Gasteiger partial charge in [0.2, 0.25) is 0 Å². The van der Waals surface area contributed by atoms with E-state index >= 15 is 0 Å². The highest BCUT2D eigenvalue weighted by atomic mass is 16.1. The molecule has 0 heterocycles. The van der Waals surface area contributed by atoms with E-state index in [-0.39, 0.29) is 17.2 Å². The highest BCUT2D eigenvalue weighted by molar-refractivity contribution is 5.89. The molecule has 0 aliphatic heterocycles. The van der Waals surface area contributed by atoms with Gasteiger partial charge in [-0.2, -0.15) is 0 Å². The summed E-state index contributed by atoms with van der Waals surface area (Å²) in [5.74, 6) is 0.373. The minimum absolute atomic E-state index is 0.113. The lowest BCUT2D eigenvalue weighted by Gasteiger charge is -2.24. The van der Waals surface area contributed by atoms with Gasteiger partial charge in [0.05, 0.1) is 5.54 Å². The van der Waals surface area contributed by atoms with Crippen LogP contribution in [0.3, 0.4) is 0 Å². The zero-order chi connectivity index (χ0) is 8.36. The molecule has 0 aliphatic carbocycles. The Kier molecular flexibility index (Phi) is 3.03. The van der Waals surface area contributed by atoms with Crippen LogP contribution in [0.4, 0.5) is 0 Å². The number of rotatable bonds is 3. The van der Waals surface area contributed by atoms with Crippen LogP contribution in [-0.4, -0.2) is 18.4 Å². The molecule has 0 amide bonds. The number of Topliss-reactive ketones (excluding diaryl/α,β-unsaturated/α-hetero) is 1. The van der Waals surface area contributed by atoms with Gasteiger partial charge in [-0.1, -0.05) is 13.8 Å². The predicted octanol–water partition coefficient (Wildman–Crippen LogP) is 1.21. The molecule has 0 aromatic carbocycles. The van der Waals surface area contributed by atoms with Gasteiger partial charge in [0.25, 0.3) is 0 Å². The van der Waals surface area contributed by atoms with Crippen molar-refractivity contribution in [3.63, 3.8) is 0 Å². The lowest BCUT2D eigenvalue weighted by molar-refractivity contribution is -0.127. The van der Waals surface area contributed by atoms with E-state index < -0.39 is 0 Å². The van der Waals surface area contributed by atoms with Crippen molar-refractivity contribution in [2.75, 3.05) is 7.05 Å². The summed E-state index contributed by atoms with van der Waals surface area (Å²) in [5, 5.41) is 2.97. The molecule has 0 saturated carbocycles. The van der Waals surface area contributed by atoms with Gasteiger partial charge < -0.3 is 5.32 Å². The van der Waals surface area contributed by atoms with Crippen LogP contribution in [0.25, 0.3) is 0 Å². The second-order valence-corrected chi connectivity index (χ2v) is 3.39. The van der Waals surface area contributed by atoms with Crippen molar-refractivity contribution in [3.05, 3.63) is 0 Å². The Labute approximate surface area is 63.0 Å². The molecule has 10 heavy (non-hydrogen) atoms. The van der Waals surface area contributed by atoms with Gasteiger partial charge in [-0.3, -0.25) is 4.79 Å². The third-order valence-electron chi connectivity index (χ3n) is 1.77. The quantitative estimate of drug-likeness (QED) is 0.643. The van der Waals surface area contributed by atoms with E-state index in [1.165, 1.54) is 0 Å². The zero-order valence-corrected chi connectivity index (χ0v) is 7.49. The molecule has 2 nitrogen and oxygen atoms in total. The third-order valence-corrected chi connectivity index (χ3v) is 1.77. The molecule has 0 atom stereocenters. The molecule has 60 valence electrons. The molecule has 1 N–H and O–H groups in total. The van der Waals surface area contributed by atoms with E-state index in [4.69, 9.17) is 0 Å². The highest BCUT2D eigenvalue weighted by Gasteiger charge is 2.26. The Hall–Kier alpha value is -0.370. The third kappa shape index (κ3) is 2.10. The molecular formula is C8H17NO. The van der Waals surface area contributed by atoms with Gasteiger partial charge in [-0.15, -0.1) is 0 Å². The van der Waals surface area contributed by atoms with Crippen LogP contribution >= 0.6 is 0 Å². The number of hydrogen-bond donors (Lipinski definition) is 1. The Morgan fingerprint density at radius 3 is 1.90 bits per heavy atom. The van der Waals surface area contributed by atoms with E-state index in [0.29, 0.717) is 0 Å². The van der Waals surface area contributed by atoms with Crippen LogP contribution in [0.2, 0.25) is 0 Å². The summed E-state index contributed by atoms with van der Waals surface area (Å²) in [5.41, 5.74) is -0.367. The van der Waals surface area contributed by atoms with E-state index in [0.717, 1.165) is 0 Å². The number of ketones is 1. The summed E-state index contributed by atoms with van der Waals surface area (Å²) < 4.78 is 0. The number of likely N-dealkylation sites (N-methyl/N-ethyl adjacent to an activating group) is 1. The van der Waals surface area contributed by atoms with Crippen molar-refractivity contribution in [3.8, 4) is 0 Å². The summed E-state index contributed by atoms with van der Waals surface area (Å²) in [4.78, 5) is 11.3. The average molecular weight is 143 g/mol. The Bertz CT molecular complexity index is 127. The Morgan fingerprint density at radius 1 is 1.40 bits per heavy atom. The van der Waals surface area contributed by atoms with E-state index in [1.54, 1.807) is 7.05 Å². The van der Waals surface area contributed by atoms with Crippen LogP contribution in [0.15, 0.2) is 0 Å². The fourth-order valence-corrected chi connectivity index (χ4v) is 0.845. The molecule has 0 rings (SSSR count). The predicted molar refractivity (Wildman–Crippen MR) is 43.0 cm³/mol. The number of carbonyl (C=O) groups is 1. The summed E-state index contributed by atoms with van der Waals surface area (Å²) in [6.07, 6.45) is 0. The molecule has 0 aromatic heterocycles. The minimum Gasteiger partial charge on any atom is -0.308 e. The van der Waals surface area contributed by atoms with Crippen molar-refractivity contribution in [2.45, 2.75) is 33.2 Å². The molecule has 0 radical (unpaired) electrons. The molecule has 0 saturated heterocycles. The maximum atomic E-state index is 11.3. The van der Waals surface area contributed by atoms with Crippen molar-refractivity contribution in [1.29, 1.82) is 0 Å². The first-order valence-corrected chi connectivity index (χ1v) is 3.65. The van der Waals surface area contributed by atoms with Crippen molar-refractivity contribution in [1.82, 2.24) is 5.32 Å². The smallest absolute Gasteiger partial charge is 0.154 e. The van der Waals surface area contributed by atoms with Crippen molar-refractivity contribution >= 4 is 5.78 Å². The molecule has 0 aromatic rings. The van der Waals surface area contributed by atoms with Gasteiger partial charge in [-0.05, 0) is 20.9 Å². The summed E-state index contributed by atoms with van der Waals surface area (Å²) in [7, 11) is 1.81. The lowest BCUT2D eigenvalue weighted by atomic mass is 9.91. The first kappa shape index (κ1) is 9.63. The van der Waals surface area contributed by atoms with Gasteiger partial charge >= 0.3 is 0 Å². The van der Waals surface area contributed by atoms with Crippen LogP contribution in [0, 0.1) is 5.92 Å². The fourth-order valence-electron chi connectivity index (χ4n) is 0.845. The maximum Gasteiger partial charge on any atom is 0.154 e. The molecule has 2 heteroatoms. The average Bonchev–Trinajstić information content (AvgIpc) is 1.86.